The van der Waals surface area contributed by atoms with Gasteiger partial charge in [-0.25, -0.2) is 4.98 Å². The molecule has 0 aliphatic carbocycles. The fourth-order valence-electron chi connectivity index (χ4n) is 3.61. The first-order chi connectivity index (χ1) is 14.3. The van der Waals surface area contributed by atoms with E-state index in [-0.39, 0.29) is 6.10 Å². The smallest absolute Gasteiger partial charge is 0.246 e. The summed E-state index contributed by atoms with van der Waals surface area (Å²) in [5, 5.41) is 9.46. The number of aromatic nitrogens is 4. The van der Waals surface area contributed by atoms with Crippen LogP contribution < -0.4 is 4.90 Å². The van der Waals surface area contributed by atoms with Gasteiger partial charge in [-0.1, -0.05) is 24.3 Å². The van der Waals surface area contributed by atoms with Crippen LogP contribution in [0.25, 0.3) is 22.4 Å². The van der Waals surface area contributed by atoms with Gasteiger partial charge in [-0.15, -0.1) is 5.10 Å². The Hall–Kier alpha value is -3.32. The van der Waals surface area contributed by atoms with Gasteiger partial charge in [0, 0.05) is 30.9 Å². The maximum absolute atomic E-state index is 6.10. The van der Waals surface area contributed by atoms with Gasteiger partial charge < -0.3 is 14.1 Å². The molecule has 0 bridgehead atoms. The van der Waals surface area contributed by atoms with Crippen molar-refractivity contribution in [2.45, 2.75) is 25.6 Å². The van der Waals surface area contributed by atoms with Gasteiger partial charge in [0.2, 0.25) is 5.95 Å². The minimum Gasteiger partial charge on any atom is -0.454 e. The van der Waals surface area contributed by atoms with Crippen LogP contribution in [0.2, 0.25) is 0 Å². The molecule has 1 fully saturated rings. The average Bonchev–Trinajstić information content (AvgIpc) is 3.23. The highest BCUT2D eigenvalue weighted by Crippen LogP contribution is 2.27. The second-order valence-corrected chi connectivity index (χ2v) is 7.17. The number of fused-ring (bicyclic) bond motifs is 1. The van der Waals surface area contributed by atoms with Gasteiger partial charge in [-0.2, -0.15) is 5.10 Å². The highest BCUT2D eigenvalue weighted by molar-refractivity contribution is 5.82. The predicted octanol–water partition coefficient (Wildman–Crippen LogP) is 3.87. The molecule has 0 radical (unpaired) electrons. The zero-order valence-electron chi connectivity index (χ0n) is 15.9. The second-order valence-electron chi connectivity index (χ2n) is 7.17. The molecule has 1 saturated heterocycles. The molecule has 4 aromatic rings. The van der Waals surface area contributed by atoms with E-state index < -0.39 is 0 Å². The number of para-hydroxylation sites is 1. The normalized spacial score (nSPS) is 17.0. The number of piperidine rings is 1. The Morgan fingerprint density at radius 1 is 1.14 bits per heavy atom. The Morgan fingerprint density at radius 3 is 3.00 bits per heavy atom. The average molecular weight is 387 g/mol. The number of benzene rings is 1. The minimum absolute atomic E-state index is 0.127. The lowest BCUT2D eigenvalue weighted by atomic mass is 10.1. The van der Waals surface area contributed by atoms with Crippen LogP contribution >= 0.6 is 0 Å². The molecule has 0 spiro atoms. The topological polar surface area (TPSA) is 77.2 Å². The molecule has 0 N–H and O–H groups in total. The maximum atomic E-state index is 6.10. The monoisotopic (exact) mass is 387 g/mol. The first-order valence-corrected chi connectivity index (χ1v) is 9.79. The number of ether oxygens (including phenoxy) is 1. The summed E-state index contributed by atoms with van der Waals surface area (Å²) in [7, 11) is 0. The fourth-order valence-corrected chi connectivity index (χ4v) is 3.61. The van der Waals surface area contributed by atoms with E-state index in [0.717, 1.165) is 42.5 Å². The van der Waals surface area contributed by atoms with Gasteiger partial charge in [0.15, 0.2) is 5.76 Å². The van der Waals surface area contributed by atoms with E-state index in [0.29, 0.717) is 24.0 Å². The summed E-state index contributed by atoms with van der Waals surface area (Å²) in [6, 6.07) is 13.9. The Bertz CT molecular complexity index is 1070. The van der Waals surface area contributed by atoms with E-state index in [2.05, 4.69) is 20.1 Å². The standard InChI is InChI=1S/C22H21N5O2/c1-2-8-20-17(6-1)11-21(29-20)19-13-24-26-22(25-19)27-10-4-7-18(14-27)28-15-16-5-3-9-23-12-16/h1-3,5-6,8-9,11-13,18H,4,7,10,14-15H2. The first kappa shape index (κ1) is 17.8. The number of hydrogen-bond donors (Lipinski definition) is 0. The fraction of sp³-hybridized carbons (Fsp3) is 0.273. The summed E-state index contributed by atoms with van der Waals surface area (Å²) in [5.74, 6) is 1.31. The lowest BCUT2D eigenvalue weighted by Crippen LogP contribution is -2.40. The van der Waals surface area contributed by atoms with E-state index in [1.54, 1.807) is 12.4 Å². The minimum atomic E-state index is 0.127. The SMILES string of the molecule is c1cncc(COC2CCCN(c3nncc(-c4cc5ccccc5o4)n3)C2)c1. The summed E-state index contributed by atoms with van der Waals surface area (Å²) in [6.07, 6.45) is 7.42. The summed E-state index contributed by atoms with van der Waals surface area (Å²) in [5.41, 5.74) is 2.60. The molecular formula is C22H21N5O2. The molecule has 1 aliphatic rings. The summed E-state index contributed by atoms with van der Waals surface area (Å²) in [4.78, 5) is 11.0. The summed E-state index contributed by atoms with van der Waals surface area (Å²) in [6.45, 7) is 2.19. The van der Waals surface area contributed by atoms with Crippen LogP contribution in [0.15, 0.2) is 65.5 Å². The molecule has 146 valence electrons. The number of nitrogens with zero attached hydrogens (tertiary/aromatic N) is 5. The van der Waals surface area contributed by atoms with Crippen LogP contribution in [0.3, 0.4) is 0 Å². The molecule has 0 amide bonds. The number of rotatable bonds is 5. The van der Waals surface area contributed by atoms with Crippen molar-refractivity contribution in [2.24, 2.45) is 0 Å². The Balaban J connectivity index is 1.30. The molecule has 4 heterocycles. The molecule has 7 nitrogen and oxygen atoms in total. The molecule has 5 rings (SSSR count). The molecule has 1 aliphatic heterocycles. The third-order valence-corrected chi connectivity index (χ3v) is 5.10. The highest BCUT2D eigenvalue weighted by atomic mass is 16.5. The van der Waals surface area contributed by atoms with Crippen molar-refractivity contribution >= 4 is 16.9 Å². The van der Waals surface area contributed by atoms with Crippen molar-refractivity contribution < 1.29 is 9.15 Å². The Kier molecular flexibility index (Phi) is 4.88. The largest absolute Gasteiger partial charge is 0.454 e. The first-order valence-electron chi connectivity index (χ1n) is 9.79. The van der Waals surface area contributed by atoms with Crippen LogP contribution in [0.5, 0.6) is 0 Å². The van der Waals surface area contributed by atoms with Crippen molar-refractivity contribution in [3.05, 3.63) is 66.6 Å². The van der Waals surface area contributed by atoms with Crippen molar-refractivity contribution in [2.75, 3.05) is 18.0 Å². The molecule has 7 heteroatoms. The van der Waals surface area contributed by atoms with Crippen molar-refractivity contribution in [3.8, 4) is 11.5 Å². The van der Waals surface area contributed by atoms with Crippen molar-refractivity contribution in [3.63, 3.8) is 0 Å². The zero-order chi connectivity index (χ0) is 19.5. The van der Waals surface area contributed by atoms with E-state index >= 15 is 0 Å². The van der Waals surface area contributed by atoms with Gasteiger partial charge in [-0.05, 0) is 36.6 Å². The van der Waals surface area contributed by atoms with Gasteiger partial charge in [0.1, 0.15) is 11.3 Å². The van der Waals surface area contributed by atoms with Crippen LogP contribution in [-0.2, 0) is 11.3 Å². The molecule has 29 heavy (non-hydrogen) atoms. The molecule has 1 aromatic carbocycles. The molecule has 0 saturated carbocycles. The molecular weight excluding hydrogens is 366 g/mol. The maximum Gasteiger partial charge on any atom is 0.246 e. The lowest BCUT2D eigenvalue weighted by molar-refractivity contribution is 0.0311. The van der Waals surface area contributed by atoms with Gasteiger partial charge in [0.05, 0.1) is 18.9 Å². The van der Waals surface area contributed by atoms with Crippen molar-refractivity contribution in [1.29, 1.82) is 0 Å². The predicted molar refractivity (Wildman–Crippen MR) is 109 cm³/mol. The van der Waals surface area contributed by atoms with Crippen LogP contribution in [0, 0.1) is 0 Å². The van der Waals surface area contributed by atoms with E-state index in [9.17, 15) is 0 Å². The van der Waals surface area contributed by atoms with Crippen LogP contribution in [-0.4, -0.2) is 39.4 Å². The summed E-state index contributed by atoms with van der Waals surface area (Å²) >= 11 is 0. The molecule has 1 unspecified atom stereocenters. The highest BCUT2D eigenvalue weighted by Gasteiger charge is 2.23. The van der Waals surface area contributed by atoms with Crippen LogP contribution in [0.1, 0.15) is 18.4 Å². The molecule has 3 aromatic heterocycles. The van der Waals surface area contributed by atoms with Crippen LogP contribution in [0.4, 0.5) is 5.95 Å². The third kappa shape index (κ3) is 3.95. The summed E-state index contributed by atoms with van der Waals surface area (Å²) < 4.78 is 12.0. The molecule has 1 atom stereocenters. The lowest BCUT2D eigenvalue weighted by Gasteiger charge is -2.32. The van der Waals surface area contributed by atoms with E-state index in [4.69, 9.17) is 14.1 Å². The third-order valence-electron chi connectivity index (χ3n) is 5.10. The van der Waals surface area contributed by atoms with Gasteiger partial charge in [0.25, 0.3) is 0 Å². The number of furan rings is 1. The van der Waals surface area contributed by atoms with E-state index in [1.807, 2.05) is 48.7 Å². The van der Waals surface area contributed by atoms with Gasteiger partial charge in [-0.3, -0.25) is 4.98 Å². The number of pyridine rings is 1. The Labute approximate surface area is 168 Å². The number of anilines is 1. The number of hydrogen-bond acceptors (Lipinski definition) is 7. The van der Waals surface area contributed by atoms with E-state index in [1.165, 1.54) is 0 Å². The van der Waals surface area contributed by atoms with Gasteiger partial charge >= 0.3 is 0 Å². The quantitative estimate of drug-likeness (QED) is 0.514. The Morgan fingerprint density at radius 2 is 2.10 bits per heavy atom. The second kappa shape index (κ2) is 7.97. The van der Waals surface area contributed by atoms with Crippen molar-refractivity contribution in [1.82, 2.24) is 20.2 Å². The zero-order valence-corrected chi connectivity index (χ0v) is 15.9.